The lowest BCUT2D eigenvalue weighted by Crippen LogP contribution is -2.16. The van der Waals surface area contributed by atoms with E-state index in [0.717, 1.165) is 4.88 Å². The van der Waals surface area contributed by atoms with Gasteiger partial charge in [0.05, 0.1) is 5.92 Å². The van der Waals surface area contributed by atoms with Crippen molar-refractivity contribution in [2.24, 2.45) is 0 Å². The summed E-state index contributed by atoms with van der Waals surface area (Å²) in [5, 5.41) is 4.72. The molecule has 1 atom stereocenters. The van der Waals surface area contributed by atoms with Gasteiger partial charge in [0.1, 0.15) is 0 Å². The molecule has 0 spiro atoms. The Morgan fingerprint density at radius 1 is 1.54 bits per heavy atom. The predicted molar refractivity (Wildman–Crippen MR) is 51.6 cm³/mol. The van der Waals surface area contributed by atoms with Gasteiger partial charge in [-0.15, -0.1) is 11.3 Å². The summed E-state index contributed by atoms with van der Waals surface area (Å²) in [7, 11) is 1.77. The molecule has 1 N–H and O–H groups in total. The topological polar surface area (TPSA) is 12.0 Å². The molecule has 0 aromatic carbocycles. The second-order valence-electron chi connectivity index (χ2n) is 2.85. The monoisotopic (exact) mass is 205 g/mol. The molecular formula is C9H13F2NS. The van der Waals surface area contributed by atoms with Crippen molar-refractivity contribution < 1.29 is 8.78 Å². The van der Waals surface area contributed by atoms with Crippen LogP contribution < -0.4 is 5.32 Å². The van der Waals surface area contributed by atoms with E-state index >= 15 is 0 Å². The van der Waals surface area contributed by atoms with Crippen molar-refractivity contribution in [3.8, 4) is 0 Å². The van der Waals surface area contributed by atoms with Crippen LogP contribution in [0.2, 0.25) is 0 Å². The zero-order valence-electron chi connectivity index (χ0n) is 7.47. The molecule has 4 heteroatoms. The maximum Gasteiger partial charge on any atom is 0.246 e. The van der Waals surface area contributed by atoms with Crippen LogP contribution in [0.3, 0.4) is 0 Å². The molecule has 74 valence electrons. The number of hydrogen-bond donors (Lipinski definition) is 1. The van der Waals surface area contributed by atoms with Gasteiger partial charge < -0.3 is 5.32 Å². The van der Waals surface area contributed by atoms with Gasteiger partial charge >= 0.3 is 0 Å². The maximum absolute atomic E-state index is 12.6. The van der Waals surface area contributed by atoms with Crippen molar-refractivity contribution in [2.45, 2.75) is 18.8 Å². The molecule has 1 rings (SSSR count). The number of thiophene rings is 1. The summed E-state index contributed by atoms with van der Waals surface area (Å²) in [5.74, 6) is -0.604. The molecule has 13 heavy (non-hydrogen) atoms. The Kier molecular flexibility index (Phi) is 4.32. The first-order valence-corrected chi connectivity index (χ1v) is 5.10. The van der Waals surface area contributed by atoms with Gasteiger partial charge in [-0.2, -0.15) is 0 Å². The molecule has 0 aliphatic rings. The minimum atomic E-state index is -2.26. The minimum Gasteiger partial charge on any atom is -0.320 e. The fourth-order valence-corrected chi connectivity index (χ4v) is 2.06. The number of hydrogen-bond acceptors (Lipinski definition) is 2. The smallest absolute Gasteiger partial charge is 0.246 e. The first kappa shape index (κ1) is 10.6. The van der Waals surface area contributed by atoms with Crippen molar-refractivity contribution in [1.82, 2.24) is 5.32 Å². The van der Waals surface area contributed by atoms with E-state index in [1.54, 1.807) is 13.1 Å². The Balaban J connectivity index is 2.58. The van der Waals surface area contributed by atoms with Crippen LogP contribution in [0.25, 0.3) is 0 Å². The number of alkyl halides is 2. The van der Waals surface area contributed by atoms with Gasteiger partial charge in [0.2, 0.25) is 6.43 Å². The SMILES string of the molecule is CNCCC(c1cccs1)C(F)F. The zero-order valence-corrected chi connectivity index (χ0v) is 8.28. The van der Waals surface area contributed by atoms with Crippen LogP contribution >= 0.6 is 11.3 Å². The first-order chi connectivity index (χ1) is 6.25. The fraction of sp³-hybridized carbons (Fsp3) is 0.556. The van der Waals surface area contributed by atoms with E-state index in [2.05, 4.69) is 5.32 Å². The second-order valence-corrected chi connectivity index (χ2v) is 3.83. The molecule has 0 fully saturated rings. The zero-order chi connectivity index (χ0) is 9.68. The van der Waals surface area contributed by atoms with Crippen LogP contribution in [-0.2, 0) is 0 Å². The lowest BCUT2D eigenvalue weighted by Gasteiger charge is -2.13. The molecule has 1 unspecified atom stereocenters. The lowest BCUT2D eigenvalue weighted by atomic mass is 10.0. The van der Waals surface area contributed by atoms with Crippen molar-refractivity contribution in [3.63, 3.8) is 0 Å². The molecule has 0 saturated heterocycles. The minimum absolute atomic E-state index is 0.495. The van der Waals surface area contributed by atoms with Crippen molar-refractivity contribution in [3.05, 3.63) is 22.4 Å². The van der Waals surface area contributed by atoms with Crippen molar-refractivity contribution in [2.75, 3.05) is 13.6 Å². The highest BCUT2D eigenvalue weighted by Crippen LogP contribution is 2.29. The highest BCUT2D eigenvalue weighted by Gasteiger charge is 2.22. The van der Waals surface area contributed by atoms with E-state index in [1.165, 1.54) is 11.3 Å². The van der Waals surface area contributed by atoms with Gasteiger partial charge in [0.25, 0.3) is 0 Å². The highest BCUT2D eigenvalue weighted by molar-refractivity contribution is 7.10. The summed E-state index contributed by atoms with van der Waals surface area (Å²) >= 11 is 1.40. The Hall–Kier alpha value is -0.480. The van der Waals surface area contributed by atoms with E-state index in [0.29, 0.717) is 13.0 Å². The highest BCUT2D eigenvalue weighted by atomic mass is 32.1. The predicted octanol–water partition coefficient (Wildman–Crippen LogP) is 2.71. The molecule has 0 bridgehead atoms. The molecule has 1 nitrogen and oxygen atoms in total. The molecule has 0 radical (unpaired) electrons. The third-order valence-corrected chi connectivity index (χ3v) is 2.92. The first-order valence-electron chi connectivity index (χ1n) is 4.22. The number of nitrogens with one attached hydrogen (secondary N) is 1. The summed E-state index contributed by atoms with van der Waals surface area (Å²) in [6, 6.07) is 3.59. The third-order valence-electron chi connectivity index (χ3n) is 1.92. The van der Waals surface area contributed by atoms with E-state index in [1.807, 2.05) is 11.4 Å². The van der Waals surface area contributed by atoms with Crippen LogP contribution in [-0.4, -0.2) is 20.0 Å². The quantitative estimate of drug-likeness (QED) is 0.779. The Morgan fingerprint density at radius 2 is 2.31 bits per heavy atom. The Morgan fingerprint density at radius 3 is 2.77 bits per heavy atom. The number of halogens is 2. The largest absolute Gasteiger partial charge is 0.320 e. The molecule has 0 aliphatic carbocycles. The second kappa shape index (κ2) is 5.29. The van der Waals surface area contributed by atoms with Crippen LogP contribution in [0.5, 0.6) is 0 Å². The van der Waals surface area contributed by atoms with Gasteiger partial charge in [-0.25, -0.2) is 8.78 Å². The van der Waals surface area contributed by atoms with Crippen LogP contribution in [0.1, 0.15) is 17.2 Å². The molecule has 1 heterocycles. The average molecular weight is 205 g/mol. The van der Waals surface area contributed by atoms with Gasteiger partial charge in [-0.05, 0) is 31.5 Å². The molecule has 1 aromatic rings. The van der Waals surface area contributed by atoms with Gasteiger partial charge in [-0.3, -0.25) is 0 Å². The Labute approximate surface area is 80.8 Å². The number of rotatable bonds is 5. The summed E-state index contributed by atoms with van der Waals surface area (Å²) in [5.41, 5.74) is 0. The van der Waals surface area contributed by atoms with Crippen LogP contribution in [0.4, 0.5) is 8.78 Å². The summed E-state index contributed by atoms with van der Waals surface area (Å²) in [6.07, 6.45) is -1.76. The molecular weight excluding hydrogens is 192 g/mol. The van der Waals surface area contributed by atoms with Crippen LogP contribution in [0.15, 0.2) is 17.5 Å². The summed E-state index contributed by atoms with van der Waals surface area (Å²) in [6.45, 7) is 0.632. The molecule has 0 aliphatic heterocycles. The molecule has 1 aromatic heterocycles. The van der Waals surface area contributed by atoms with Crippen molar-refractivity contribution >= 4 is 11.3 Å². The van der Waals surface area contributed by atoms with E-state index < -0.39 is 12.3 Å². The molecule has 0 amide bonds. The van der Waals surface area contributed by atoms with E-state index in [4.69, 9.17) is 0 Å². The standard InChI is InChI=1S/C9H13F2NS/c1-12-5-4-7(9(10)11)8-3-2-6-13-8/h2-3,6-7,9,12H,4-5H2,1H3. The van der Waals surface area contributed by atoms with Crippen LogP contribution in [0, 0.1) is 0 Å². The summed E-state index contributed by atoms with van der Waals surface area (Å²) < 4.78 is 25.1. The normalized spacial score (nSPS) is 13.5. The fourth-order valence-electron chi connectivity index (χ4n) is 1.19. The van der Waals surface area contributed by atoms with Gasteiger partial charge in [0, 0.05) is 4.88 Å². The van der Waals surface area contributed by atoms with E-state index in [9.17, 15) is 8.78 Å². The maximum atomic E-state index is 12.6. The van der Waals surface area contributed by atoms with E-state index in [-0.39, 0.29) is 0 Å². The van der Waals surface area contributed by atoms with Crippen molar-refractivity contribution in [1.29, 1.82) is 0 Å². The average Bonchev–Trinajstić information content (AvgIpc) is 2.57. The van der Waals surface area contributed by atoms with Gasteiger partial charge in [0.15, 0.2) is 0 Å². The summed E-state index contributed by atoms with van der Waals surface area (Å²) in [4.78, 5) is 0.783. The lowest BCUT2D eigenvalue weighted by molar-refractivity contribution is 0.111. The Bertz CT molecular complexity index is 224. The van der Waals surface area contributed by atoms with Gasteiger partial charge in [-0.1, -0.05) is 6.07 Å². The third kappa shape index (κ3) is 3.04. The molecule has 0 saturated carbocycles.